The summed E-state index contributed by atoms with van der Waals surface area (Å²) in [7, 11) is 0. The van der Waals surface area contributed by atoms with Crippen molar-refractivity contribution in [1.29, 1.82) is 5.41 Å². The van der Waals surface area contributed by atoms with Crippen molar-refractivity contribution in [1.82, 2.24) is 0 Å². The Morgan fingerprint density at radius 1 is 1.47 bits per heavy atom. The lowest BCUT2D eigenvalue weighted by Crippen LogP contribution is -2.12. The molecule has 0 aliphatic carbocycles. The summed E-state index contributed by atoms with van der Waals surface area (Å²) < 4.78 is 5.46. The molecule has 0 atom stereocenters. The Morgan fingerprint density at radius 2 is 2.24 bits per heavy atom. The molecule has 1 rings (SSSR count). The maximum atomic E-state index is 8.76. The van der Waals surface area contributed by atoms with Crippen molar-refractivity contribution in [2.75, 3.05) is 13.2 Å². The van der Waals surface area contributed by atoms with Gasteiger partial charge in [-0.3, -0.25) is 5.41 Å². The number of rotatable bonds is 7. The van der Waals surface area contributed by atoms with Crippen LogP contribution in [0.25, 0.3) is 0 Å². The smallest absolute Gasteiger partial charge is 0.122 e. The van der Waals surface area contributed by atoms with Crippen molar-refractivity contribution in [2.24, 2.45) is 5.73 Å². The molecule has 1 aromatic rings. The Labute approximate surface area is 102 Å². The molecule has 0 bridgehead atoms. The lowest BCUT2D eigenvalue weighted by molar-refractivity contribution is 0.200. The first-order chi connectivity index (χ1) is 8.19. The third kappa shape index (κ3) is 4.07. The minimum atomic E-state index is 0.00166. The second-order valence-corrected chi connectivity index (χ2v) is 3.91. The van der Waals surface area contributed by atoms with E-state index >= 15 is 0 Å². The highest BCUT2D eigenvalue weighted by Crippen LogP contribution is 2.22. The van der Waals surface area contributed by atoms with E-state index in [4.69, 9.17) is 21.0 Å². The molecule has 0 aliphatic rings. The summed E-state index contributed by atoms with van der Waals surface area (Å²) in [5.74, 6) is 0.842. The van der Waals surface area contributed by atoms with E-state index in [-0.39, 0.29) is 12.4 Å². The van der Waals surface area contributed by atoms with E-state index in [2.05, 4.69) is 6.92 Å². The molecule has 0 radical (unpaired) electrons. The van der Waals surface area contributed by atoms with Crippen LogP contribution >= 0.6 is 0 Å². The summed E-state index contributed by atoms with van der Waals surface area (Å²) in [5, 5.41) is 16.2. The zero-order valence-electron chi connectivity index (χ0n) is 10.2. The predicted octanol–water partition coefficient (Wildman–Crippen LogP) is 1.68. The molecule has 4 nitrogen and oxygen atoms in total. The Hall–Kier alpha value is -1.55. The van der Waals surface area contributed by atoms with E-state index in [1.54, 1.807) is 6.07 Å². The fourth-order valence-corrected chi connectivity index (χ4v) is 1.61. The number of unbranched alkanes of at least 4 members (excludes halogenated alkanes) is 1. The highest BCUT2D eigenvalue weighted by atomic mass is 16.5. The van der Waals surface area contributed by atoms with Crippen LogP contribution in [0.15, 0.2) is 18.2 Å². The average molecular weight is 236 g/mol. The van der Waals surface area contributed by atoms with E-state index in [0.717, 1.165) is 30.6 Å². The molecular weight excluding hydrogens is 216 g/mol. The molecule has 0 spiro atoms. The van der Waals surface area contributed by atoms with E-state index < -0.39 is 0 Å². The van der Waals surface area contributed by atoms with Gasteiger partial charge in [0, 0.05) is 5.56 Å². The van der Waals surface area contributed by atoms with Crippen LogP contribution in [0.4, 0.5) is 0 Å². The van der Waals surface area contributed by atoms with Gasteiger partial charge in [0.1, 0.15) is 18.2 Å². The van der Waals surface area contributed by atoms with Gasteiger partial charge in [-0.05, 0) is 36.6 Å². The zero-order valence-corrected chi connectivity index (χ0v) is 10.2. The molecule has 0 amide bonds. The van der Waals surface area contributed by atoms with E-state index in [1.165, 1.54) is 0 Å². The summed E-state index contributed by atoms with van der Waals surface area (Å²) >= 11 is 0. The van der Waals surface area contributed by atoms with Crippen LogP contribution in [0.5, 0.6) is 5.75 Å². The first-order valence-corrected chi connectivity index (χ1v) is 5.90. The number of nitrogens with one attached hydrogen (secondary N) is 1. The van der Waals surface area contributed by atoms with Gasteiger partial charge in [-0.2, -0.15) is 0 Å². The number of ether oxygens (including phenoxy) is 1. The Bertz CT molecular complexity index is 378. The van der Waals surface area contributed by atoms with Gasteiger partial charge in [-0.15, -0.1) is 0 Å². The van der Waals surface area contributed by atoms with Crippen LogP contribution in [0, 0.1) is 5.41 Å². The fraction of sp³-hybridized carbons (Fsp3) is 0.462. The van der Waals surface area contributed by atoms with Gasteiger partial charge in [0.05, 0.1) is 6.61 Å². The van der Waals surface area contributed by atoms with Crippen molar-refractivity contribution in [3.05, 3.63) is 29.3 Å². The van der Waals surface area contributed by atoms with Gasteiger partial charge in [0.2, 0.25) is 0 Å². The summed E-state index contributed by atoms with van der Waals surface area (Å²) in [6, 6.07) is 5.48. The third-order valence-corrected chi connectivity index (χ3v) is 2.52. The first-order valence-electron chi connectivity index (χ1n) is 5.90. The lowest BCUT2D eigenvalue weighted by atomic mass is 10.0. The highest BCUT2D eigenvalue weighted by Gasteiger charge is 2.06. The van der Waals surface area contributed by atoms with E-state index in [0.29, 0.717) is 12.2 Å². The van der Waals surface area contributed by atoms with Crippen LogP contribution in [0.1, 0.15) is 30.9 Å². The van der Waals surface area contributed by atoms with E-state index in [1.807, 2.05) is 12.1 Å². The maximum Gasteiger partial charge on any atom is 0.122 e. The predicted molar refractivity (Wildman–Crippen MR) is 68.7 cm³/mol. The molecule has 1 aromatic carbocycles. The SMILES string of the molecule is CCCCc1cc(C(=N)N)ccc1OCCO. The minimum absolute atomic E-state index is 0.00166. The molecule has 94 valence electrons. The molecule has 0 unspecified atom stereocenters. The summed E-state index contributed by atoms with van der Waals surface area (Å²) in [5.41, 5.74) is 7.23. The summed E-state index contributed by atoms with van der Waals surface area (Å²) in [6.07, 6.45) is 3.07. The molecule has 0 saturated carbocycles. The van der Waals surface area contributed by atoms with Gasteiger partial charge in [-0.1, -0.05) is 13.3 Å². The number of aliphatic hydroxyl groups is 1. The maximum absolute atomic E-state index is 8.76. The molecular formula is C13H20N2O2. The zero-order chi connectivity index (χ0) is 12.7. The van der Waals surface area contributed by atoms with Gasteiger partial charge < -0.3 is 15.6 Å². The number of aryl methyl sites for hydroxylation is 1. The van der Waals surface area contributed by atoms with Crippen LogP contribution in [0.2, 0.25) is 0 Å². The Balaban J connectivity index is 2.90. The molecule has 0 saturated heterocycles. The Morgan fingerprint density at radius 3 is 2.82 bits per heavy atom. The molecule has 17 heavy (non-hydrogen) atoms. The number of benzene rings is 1. The standard InChI is InChI=1S/C13H20N2O2/c1-2-3-4-10-9-11(13(14)15)5-6-12(10)17-8-7-16/h5-6,9,16H,2-4,7-8H2,1H3,(H3,14,15). The Kier molecular flexibility index (Phi) is 5.49. The molecule has 0 aliphatic heterocycles. The third-order valence-electron chi connectivity index (χ3n) is 2.52. The van der Waals surface area contributed by atoms with Crippen molar-refractivity contribution < 1.29 is 9.84 Å². The number of nitrogen functional groups attached to an aromatic ring is 1. The molecule has 4 N–H and O–H groups in total. The van der Waals surface area contributed by atoms with Crippen molar-refractivity contribution in [2.45, 2.75) is 26.2 Å². The highest BCUT2D eigenvalue weighted by molar-refractivity contribution is 5.95. The van der Waals surface area contributed by atoms with Gasteiger partial charge in [0.15, 0.2) is 0 Å². The van der Waals surface area contributed by atoms with Gasteiger partial charge in [0.25, 0.3) is 0 Å². The van der Waals surface area contributed by atoms with Crippen molar-refractivity contribution in [3.63, 3.8) is 0 Å². The molecule has 4 heteroatoms. The topological polar surface area (TPSA) is 79.3 Å². The number of nitrogens with two attached hydrogens (primary N) is 1. The molecule has 0 fully saturated rings. The van der Waals surface area contributed by atoms with Crippen LogP contribution in [0.3, 0.4) is 0 Å². The number of amidine groups is 1. The number of aliphatic hydroxyl groups excluding tert-OH is 1. The summed E-state index contributed by atoms with van der Waals surface area (Å²) in [4.78, 5) is 0. The molecule has 0 heterocycles. The number of hydrogen-bond acceptors (Lipinski definition) is 3. The van der Waals surface area contributed by atoms with Crippen LogP contribution in [-0.2, 0) is 6.42 Å². The van der Waals surface area contributed by atoms with Crippen LogP contribution in [-0.4, -0.2) is 24.2 Å². The van der Waals surface area contributed by atoms with Gasteiger partial charge in [-0.25, -0.2) is 0 Å². The first kappa shape index (κ1) is 13.5. The number of hydrogen-bond donors (Lipinski definition) is 3. The quantitative estimate of drug-likeness (QED) is 0.498. The largest absolute Gasteiger partial charge is 0.491 e. The second-order valence-electron chi connectivity index (χ2n) is 3.91. The lowest BCUT2D eigenvalue weighted by Gasteiger charge is -2.12. The van der Waals surface area contributed by atoms with E-state index in [9.17, 15) is 0 Å². The minimum Gasteiger partial charge on any atom is -0.491 e. The monoisotopic (exact) mass is 236 g/mol. The fourth-order valence-electron chi connectivity index (χ4n) is 1.61. The average Bonchev–Trinajstić information content (AvgIpc) is 2.34. The van der Waals surface area contributed by atoms with Crippen LogP contribution < -0.4 is 10.5 Å². The molecule has 0 aromatic heterocycles. The van der Waals surface area contributed by atoms with Crippen molar-refractivity contribution >= 4 is 5.84 Å². The second kappa shape index (κ2) is 6.91. The summed E-state index contributed by atoms with van der Waals surface area (Å²) in [6.45, 7) is 2.42. The normalized spacial score (nSPS) is 10.2. The van der Waals surface area contributed by atoms with Gasteiger partial charge >= 0.3 is 0 Å². The van der Waals surface area contributed by atoms with Crippen molar-refractivity contribution in [3.8, 4) is 5.75 Å².